The van der Waals surface area contributed by atoms with Crippen molar-refractivity contribution in [3.8, 4) is 0 Å². The van der Waals surface area contributed by atoms with E-state index in [-0.39, 0.29) is 19.3 Å². The maximum atomic E-state index is 13.0. The second-order valence-corrected chi connectivity index (χ2v) is 32.2. The van der Waals surface area contributed by atoms with Gasteiger partial charge in [0.1, 0.15) is 25.4 Å². The number of carbonyl (C=O) groups is 3. The van der Waals surface area contributed by atoms with Gasteiger partial charge in [0.15, 0.2) is 6.10 Å². The summed E-state index contributed by atoms with van der Waals surface area (Å²) < 4.78 is 61.3. The molecule has 0 aromatic rings. The first-order valence-corrected chi connectivity index (χ1v) is 47.1. The molecule has 18 heteroatoms. The zero-order valence-corrected chi connectivity index (χ0v) is 71.9. The lowest BCUT2D eigenvalue weighted by Gasteiger charge is -2.21. The molecule has 5 unspecified atom stereocenters. The summed E-state index contributed by atoms with van der Waals surface area (Å²) in [4.78, 5) is 58.8. The summed E-state index contributed by atoms with van der Waals surface area (Å²) in [7, 11) is -9.81. The summed E-state index contributed by atoms with van der Waals surface area (Å²) in [6.07, 6.45) is 106. The Morgan fingerprint density at radius 3 is 0.757 bits per heavy atom. The van der Waals surface area contributed by atoms with Crippen LogP contribution in [0.1, 0.15) is 367 Å². The van der Waals surface area contributed by atoms with Crippen molar-refractivity contribution in [3.05, 3.63) is 146 Å². The summed E-state index contributed by atoms with van der Waals surface area (Å²) in [5.74, 6) is -1.59. The van der Waals surface area contributed by atoms with Gasteiger partial charge >= 0.3 is 33.6 Å². The Hall–Kier alpha value is -4.57. The van der Waals surface area contributed by atoms with E-state index in [4.69, 9.17) is 32.3 Å². The Labute approximate surface area is 677 Å². The summed E-state index contributed by atoms with van der Waals surface area (Å²) in [6, 6.07) is 0. The minimum absolute atomic E-state index is 0.0808. The van der Waals surface area contributed by atoms with E-state index in [1.54, 1.807) is 0 Å². The maximum absolute atomic E-state index is 13.0. The lowest BCUT2D eigenvalue weighted by atomic mass is 10.0. The quantitative estimate of drug-likeness (QED) is 0.0146. The van der Waals surface area contributed by atoms with Gasteiger partial charge in [-0.3, -0.25) is 32.5 Å². The van der Waals surface area contributed by atoms with E-state index in [1.165, 1.54) is 154 Å². The monoisotopic (exact) mass is 1600 g/mol. The number of hydrogen-bond donors (Lipinski definition) is 4. The van der Waals surface area contributed by atoms with Gasteiger partial charge in [0.2, 0.25) is 0 Å². The fourth-order valence-electron chi connectivity index (χ4n) is 11.9. The average Bonchev–Trinajstić information content (AvgIpc) is 0.904. The van der Waals surface area contributed by atoms with Crippen LogP contribution in [-0.4, -0.2) is 95.9 Å². The van der Waals surface area contributed by atoms with Crippen molar-refractivity contribution < 1.29 is 75.8 Å². The van der Waals surface area contributed by atoms with Crippen LogP contribution in [0.3, 0.4) is 0 Å². The Balaban J connectivity index is 4.43. The number of phosphoric ester groups is 2. The molecule has 0 aliphatic carbocycles. The number of ether oxygens (including phenoxy) is 3. The van der Waals surface area contributed by atoms with Gasteiger partial charge in [-0.25, -0.2) is 9.13 Å². The molecule has 0 heterocycles. The molecular weight excluding hydrogens is 1430 g/mol. The molecule has 5 atom stereocenters. The number of rotatable bonds is 83. The third-order valence-corrected chi connectivity index (χ3v) is 20.4. The minimum atomic E-state index is -4.94. The Bertz CT molecular complexity index is 2600. The van der Waals surface area contributed by atoms with E-state index >= 15 is 0 Å². The molecule has 0 radical (unpaired) electrons. The predicted molar refractivity (Wildman–Crippen MR) is 463 cm³/mol. The van der Waals surface area contributed by atoms with Crippen molar-refractivity contribution >= 4 is 33.6 Å². The third-order valence-electron chi connectivity index (χ3n) is 18.5. The standard InChI is InChI=1S/C93H160O16P2/c1-4-7-10-13-16-19-22-25-28-30-32-34-36-38-39-40-41-42-43-44-45-46-47-49-51-52-54-56-59-61-64-67-70-73-76-79-91(96)103-82-88(94)83-105-110(99,100)106-84-89(95)85-107-111(101,102)108-87-90(109-93(98)81-78-75-72-69-66-63-58-27-24-21-18-15-12-9-6-3)86-104-92(97)80-77-74-71-68-65-62-60-57-55-53-50-48-37-35-33-31-29-26-23-20-17-14-11-8-5-2/h8-9,11-12,16-21,25-29,32-35,38-39,48,50,58,88-90,94-95H,4-7,10,13-15,22-24,30-31,36-37,40-47,49,51-57,59-87H2,1-3H3,(H,99,100)(H,101,102)/b11-8-,12-9-,19-16-,20-17-,21-18-,28-25-,29-26-,34-32-,35-33-,39-38-,50-48-,58-27-. The van der Waals surface area contributed by atoms with Crippen molar-refractivity contribution in [2.75, 3.05) is 39.6 Å². The number of phosphoric acid groups is 2. The Morgan fingerprint density at radius 1 is 0.261 bits per heavy atom. The van der Waals surface area contributed by atoms with Crippen LogP contribution in [-0.2, 0) is 55.8 Å². The van der Waals surface area contributed by atoms with Gasteiger partial charge in [-0.1, -0.05) is 353 Å². The van der Waals surface area contributed by atoms with E-state index in [0.29, 0.717) is 19.3 Å². The molecule has 0 spiro atoms. The molecule has 0 aliphatic rings. The van der Waals surface area contributed by atoms with Crippen molar-refractivity contribution in [3.63, 3.8) is 0 Å². The molecule has 0 aliphatic heterocycles. The largest absolute Gasteiger partial charge is 0.472 e. The molecule has 638 valence electrons. The first kappa shape index (κ1) is 106. The molecule has 4 N–H and O–H groups in total. The highest BCUT2D eigenvalue weighted by Crippen LogP contribution is 2.45. The first-order valence-electron chi connectivity index (χ1n) is 44.1. The second kappa shape index (κ2) is 84.8. The Morgan fingerprint density at radius 2 is 0.477 bits per heavy atom. The van der Waals surface area contributed by atoms with Crippen LogP contribution in [0.5, 0.6) is 0 Å². The zero-order valence-electron chi connectivity index (χ0n) is 70.1. The number of allylic oxidation sites excluding steroid dienone is 24. The lowest BCUT2D eigenvalue weighted by Crippen LogP contribution is -2.30. The normalized spacial score (nSPS) is 14.5. The Kier molecular flexibility index (Phi) is 81.3. The molecule has 0 aromatic heterocycles. The highest BCUT2D eigenvalue weighted by molar-refractivity contribution is 7.47. The minimum Gasteiger partial charge on any atom is -0.463 e. The van der Waals surface area contributed by atoms with Crippen molar-refractivity contribution in [1.29, 1.82) is 0 Å². The maximum Gasteiger partial charge on any atom is 0.472 e. The predicted octanol–water partition coefficient (Wildman–Crippen LogP) is 26.8. The SMILES string of the molecule is CC/C=C\C/C=C\C/C=C\C/C=C\C/C=C\CCCCCCCCCCCC(=O)OCC(COP(=O)(O)OCC(O)COP(=O)(O)OCC(O)COC(=O)CCCCCCCCCCCCCCCCCCCCC/C=C\C/C=C\C/C=C\C/C=C\CCCCC)OC(=O)CCCCCCC/C=C\C/C=C\C/C=C\CC. The molecule has 0 saturated heterocycles. The second-order valence-electron chi connectivity index (χ2n) is 29.3. The fraction of sp³-hybridized carbons (Fsp3) is 0.710. The van der Waals surface area contributed by atoms with Crippen molar-refractivity contribution in [2.24, 2.45) is 0 Å². The summed E-state index contributed by atoms with van der Waals surface area (Å²) in [5.41, 5.74) is 0. The molecule has 0 bridgehead atoms. The van der Waals surface area contributed by atoms with Crippen LogP contribution in [0.15, 0.2) is 146 Å². The van der Waals surface area contributed by atoms with Crippen LogP contribution in [0.25, 0.3) is 0 Å². The third kappa shape index (κ3) is 86.1. The zero-order chi connectivity index (χ0) is 80.8. The number of carbonyl (C=O) groups excluding carboxylic acids is 3. The summed E-state index contributed by atoms with van der Waals surface area (Å²) in [5, 5.41) is 20.7. The smallest absolute Gasteiger partial charge is 0.463 e. The van der Waals surface area contributed by atoms with E-state index in [0.717, 1.165) is 154 Å². The lowest BCUT2D eigenvalue weighted by molar-refractivity contribution is -0.161. The van der Waals surface area contributed by atoms with E-state index < -0.39 is 91.5 Å². The molecule has 0 fully saturated rings. The molecule has 0 saturated carbocycles. The summed E-state index contributed by atoms with van der Waals surface area (Å²) in [6.45, 7) is 2.43. The van der Waals surface area contributed by atoms with Gasteiger partial charge in [-0.15, -0.1) is 0 Å². The van der Waals surface area contributed by atoms with Gasteiger partial charge in [-0.2, -0.15) is 0 Å². The summed E-state index contributed by atoms with van der Waals surface area (Å²) >= 11 is 0. The number of aliphatic hydroxyl groups is 2. The van der Waals surface area contributed by atoms with Crippen LogP contribution in [0, 0.1) is 0 Å². The van der Waals surface area contributed by atoms with Gasteiger partial charge in [-0.05, 0) is 141 Å². The van der Waals surface area contributed by atoms with E-state index in [1.807, 2.05) is 0 Å². The highest BCUT2D eigenvalue weighted by atomic mass is 31.2. The fourth-order valence-corrected chi connectivity index (χ4v) is 13.5. The van der Waals surface area contributed by atoms with E-state index in [9.17, 15) is 43.5 Å². The van der Waals surface area contributed by atoms with E-state index in [2.05, 4.69) is 167 Å². The molecule has 111 heavy (non-hydrogen) atoms. The van der Waals surface area contributed by atoms with Crippen molar-refractivity contribution in [1.82, 2.24) is 0 Å². The number of hydrogen-bond acceptors (Lipinski definition) is 14. The van der Waals surface area contributed by atoms with Crippen LogP contribution < -0.4 is 0 Å². The highest BCUT2D eigenvalue weighted by Gasteiger charge is 2.29. The molecular formula is C93H160O16P2. The van der Waals surface area contributed by atoms with Gasteiger partial charge in [0.05, 0.1) is 26.4 Å². The van der Waals surface area contributed by atoms with Crippen LogP contribution in [0.2, 0.25) is 0 Å². The van der Waals surface area contributed by atoms with Gasteiger partial charge < -0.3 is 34.2 Å². The van der Waals surface area contributed by atoms with Crippen molar-refractivity contribution in [2.45, 2.75) is 386 Å². The molecule has 16 nitrogen and oxygen atoms in total. The number of aliphatic hydroxyl groups excluding tert-OH is 2. The topological polar surface area (TPSA) is 231 Å². The molecule has 0 amide bonds. The first-order chi connectivity index (χ1) is 54.2. The van der Waals surface area contributed by atoms with Gasteiger partial charge in [0.25, 0.3) is 0 Å². The van der Waals surface area contributed by atoms with Crippen LogP contribution in [0.4, 0.5) is 0 Å². The van der Waals surface area contributed by atoms with Crippen LogP contribution >= 0.6 is 15.6 Å². The number of unbranched alkanes of at least 4 members (excludes halogenated alkanes) is 36. The number of esters is 3. The molecule has 0 rings (SSSR count). The average molecular weight is 1600 g/mol. The molecule has 0 aromatic carbocycles. The van der Waals surface area contributed by atoms with Gasteiger partial charge in [0, 0.05) is 19.3 Å².